The monoisotopic (exact) mass is 1280 g/mol. The molecule has 1 saturated heterocycles. The van der Waals surface area contributed by atoms with Crippen molar-refractivity contribution in [3.05, 3.63) is 134 Å². The summed E-state index contributed by atoms with van der Waals surface area (Å²) in [6, 6.07) is 15.7. The molecule has 6 aromatic rings. The number of nitrogens with one attached hydrogen (secondary N) is 5. The Labute approximate surface area is 522 Å². The molecule has 0 saturated carbocycles. The number of para-hydroxylation sites is 1. The van der Waals surface area contributed by atoms with Gasteiger partial charge in [-0.25, -0.2) is 9.37 Å². The second-order valence-electron chi connectivity index (χ2n) is 24.1. The van der Waals surface area contributed by atoms with Crippen LogP contribution in [0.5, 0.6) is 5.75 Å². The number of carbonyl (C=O) groups is 8. The fourth-order valence-electron chi connectivity index (χ4n) is 11.7. The number of unbranched alkanes of at least 4 members (excludes halogenated alkanes) is 2. The summed E-state index contributed by atoms with van der Waals surface area (Å²) in [6.45, 7) is 8.78. The number of hydrogen-bond acceptors (Lipinski definition) is 13. The van der Waals surface area contributed by atoms with E-state index in [1.165, 1.54) is 46.2 Å². The maximum absolute atomic E-state index is 16.3. The summed E-state index contributed by atoms with van der Waals surface area (Å²) in [6.07, 6.45) is 1.06. The van der Waals surface area contributed by atoms with E-state index < -0.39 is 108 Å². The lowest BCUT2D eigenvalue weighted by Crippen LogP contribution is -2.57. The largest absolute Gasteiger partial charge is 0.488 e. The van der Waals surface area contributed by atoms with Crippen LogP contribution in [0.15, 0.2) is 84.4 Å². The van der Waals surface area contributed by atoms with Gasteiger partial charge in [0.1, 0.15) is 36.5 Å². The number of likely N-dealkylation sites (tertiary alicyclic amines) is 1. The van der Waals surface area contributed by atoms with Crippen molar-refractivity contribution in [3.63, 3.8) is 0 Å². The van der Waals surface area contributed by atoms with Gasteiger partial charge in [0.25, 0.3) is 11.4 Å². The molecule has 22 nitrogen and oxygen atoms in total. The van der Waals surface area contributed by atoms with Crippen molar-refractivity contribution in [1.82, 2.24) is 36.1 Å². The number of fused-ring (bicyclic) bond motifs is 1. The maximum Gasteiger partial charge on any atom is 0.396 e. The van der Waals surface area contributed by atoms with Crippen LogP contribution in [0.2, 0.25) is 5.02 Å². The minimum atomic E-state index is -5.08. The highest BCUT2D eigenvalue weighted by molar-refractivity contribution is 7.70. The van der Waals surface area contributed by atoms with Gasteiger partial charge >= 0.3 is 7.60 Å². The molecular formula is C63H72ClFN9O13PS. The molecule has 472 valence electrons. The minimum Gasteiger partial charge on any atom is -0.488 e. The molecule has 3 aliphatic heterocycles. The van der Waals surface area contributed by atoms with E-state index >= 15 is 4.39 Å². The number of rotatable bonds is 24. The lowest BCUT2D eigenvalue weighted by Gasteiger charge is -2.35. The number of hydrogen-bond donors (Lipinski definition) is 9. The average Bonchev–Trinajstić information content (AvgIpc) is 1.83. The van der Waals surface area contributed by atoms with Gasteiger partial charge in [0, 0.05) is 59.8 Å². The van der Waals surface area contributed by atoms with Gasteiger partial charge < -0.3 is 56.5 Å². The first-order chi connectivity index (χ1) is 42.1. The zero-order valence-electron chi connectivity index (χ0n) is 49.8. The van der Waals surface area contributed by atoms with E-state index in [0.717, 1.165) is 27.3 Å². The van der Waals surface area contributed by atoms with Crippen molar-refractivity contribution in [2.24, 2.45) is 11.1 Å². The van der Waals surface area contributed by atoms with Gasteiger partial charge in [-0.05, 0) is 116 Å². The topological polar surface area (TPSA) is 333 Å². The number of nitrogens with zero attached hydrogens (tertiary/aromatic N) is 3. The summed E-state index contributed by atoms with van der Waals surface area (Å²) in [5, 5.41) is 22.8. The number of amides is 7. The van der Waals surface area contributed by atoms with E-state index in [9.17, 15) is 57.8 Å². The highest BCUT2D eigenvalue weighted by atomic mass is 35.5. The molecule has 0 radical (unpaired) electrons. The fourth-order valence-corrected chi connectivity index (χ4v) is 13.2. The second kappa shape index (κ2) is 27.5. The maximum atomic E-state index is 16.3. The third kappa shape index (κ3) is 15.4. The molecule has 2 aromatic heterocycles. The summed E-state index contributed by atoms with van der Waals surface area (Å²) in [4.78, 5) is 138. The van der Waals surface area contributed by atoms with Crippen LogP contribution in [0, 0.1) is 18.2 Å². The molecule has 1 unspecified atom stereocenters. The van der Waals surface area contributed by atoms with Crippen LogP contribution < -0.4 is 36.6 Å². The van der Waals surface area contributed by atoms with E-state index in [1.54, 1.807) is 43.7 Å². The number of β-amino-alcohol motifs (C(OH)–C–C–N with tert-alkyl or cyclic N) is 1. The molecule has 10 N–H and O–H groups in total. The molecule has 7 amide bonds. The number of ether oxygens (including phenoxy) is 1. The number of anilines is 1. The van der Waals surface area contributed by atoms with Crippen molar-refractivity contribution in [3.8, 4) is 16.2 Å². The first-order valence-electron chi connectivity index (χ1n) is 29.4. The van der Waals surface area contributed by atoms with E-state index in [4.69, 9.17) is 22.1 Å². The fraction of sp³-hybridized carbons (Fsp3) is 0.413. The molecule has 3 aliphatic rings. The van der Waals surface area contributed by atoms with Gasteiger partial charge in [-0.1, -0.05) is 81.3 Å². The van der Waals surface area contributed by atoms with Crippen LogP contribution in [-0.4, -0.2) is 126 Å². The number of H-pyrrole nitrogens is 1. The molecule has 26 heteroatoms. The highest BCUT2D eigenvalue weighted by Crippen LogP contribution is 2.41. The molecule has 0 spiro atoms. The van der Waals surface area contributed by atoms with Crippen LogP contribution in [0.1, 0.15) is 134 Å². The van der Waals surface area contributed by atoms with E-state index in [1.807, 2.05) is 50.2 Å². The Kier molecular flexibility index (Phi) is 20.3. The highest BCUT2D eigenvalue weighted by Gasteiger charge is 2.46. The second-order valence-corrected chi connectivity index (χ2v) is 26.9. The summed E-state index contributed by atoms with van der Waals surface area (Å²) in [5.41, 5.74) is 10.3. The Morgan fingerprint density at radius 3 is 2.36 bits per heavy atom. The third-order valence-electron chi connectivity index (χ3n) is 16.4. The predicted molar refractivity (Wildman–Crippen MR) is 331 cm³/mol. The van der Waals surface area contributed by atoms with Gasteiger partial charge in [0.2, 0.25) is 35.4 Å². The Morgan fingerprint density at radius 1 is 0.933 bits per heavy atom. The number of thiazole rings is 1. The SMILES string of the molecule is Cc1ncsc1-c1ccc([C@H](C)NC(=O)[C@@H]2C[C@@H](O)CN2C(=O)[C@@H](NC(=O)CCCCCc2cc(Cl)cc(OC[C@H](CCC(N)=O)NC(=O)C3Cc4cccc5c4N3C(=O)[C@@H](NC(=O)c3cc4cc(C(=O)P(=O)(O)O)ccc4[nH]3)CC5)c2F)C(C)(C)C)cc1. The van der Waals surface area contributed by atoms with Crippen LogP contribution in [0.25, 0.3) is 21.3 Å². The molecule has 0 aliphatic carbocycles. The number of primary amides is 1. The zero-order valence-corrected chi connectivity index (χ0v) is 52.2. The number of aliphatic hydroxyl groups is 1. The van der Waals surface area contributed by atoms with Crippen LogP contribution in [0.4, 0.5) is 10.1 Å². The zero-order chi connectivity index (χ0) is 64.2. The first kappa shape index (κ1) is 65.6. The van der Waals surface area contributed by atoms with E-state index in [0.29, 0.717) is 47.8 Å². The number of benzene rings is 4. The standard InChI is InChI=1S/C63H72ClFN9O13PS/c1-33(35-14-16-37(17-15-35)55-34(2)67-32-89-55)68-58(79)48-29-44(75)30-73(48)61(82)56(63(3,4)5)72-52(77)13-8-6-7-10-38-25-42(64)28-50(53(38)65)87-31-43(20-23-51(66)76)69-59(80)49-27-39-12-9-11-36-18-22-46(60(81)74(49)54(36)39)71-57(78)47-26-41-24-40(19-21-45(41)70-47)62(83)88(84,85)86/h9,11-12,14-17,19,21,24-26,28,32-33,43-44,46,48-49,56,70,75H,6-8,10,13,18,20,22-23,27,29-31H2,1-5H3,(H2,66,76)(H,68,79)(H,69,80)(H,71,78)(H,72,77)(H2,84,85,86)/t33-,43-,44+,46-,48-,49?,56+/m0/s1. The lowest BCUT2D eigenvalue weighted by atomic mass is 9.85. The predicted octanol–water partition coefficient (Wildman–Crippen LogP) is 7.02. The summed E-state index contributed by atoms with van der Waals surface area (Å²) in [5.74, 6) is -4.79. The summed E-state index contributed by atoms with van der Waals surface area (Å²) in [7, 11) is -5.08. The molecule has 7 atom stereocenters. The van der Waals surface area contributed by atoms with Crippen molar-refractivity contribution in [1.29, 1.82) is 0 Å². The first-order valence-corrected chi connectivity index (χ1v) is 32.3. The average molecular weight is 1280 g/mol. The van der Waals surface area contributed by atoms with Gasteiger partial charge in [-0.3, -0.25) is 47.8 Å². The van der Waals surface area contributed by atoms with Crippen molar-refractivity contribution in [2.45, 2.75) is 148 Å². The molecular weight excluding hydrogens is 1210 g/mol. The smallest absolute Gasteiger partial charge is 0.396 e. The molecule has 9 rings (SSSR count). The van der Waals surface area contributed by atoms with Crippen molar-refractivity contribution < 1.29 is 66.9 Å². The minimum absolute atomic E-state index is 0.000347. The summed E-state index contributed by atoms with van der Waals surface area (Å²) < 4.78 is 33.9. The van der Waals surface area contributed by atoms with Crippen molar-refractivity contribution in [2.75, 3.05) is 18.1 Å². The molecule has 89 heavy (non-hydrogen) atoms. The number of aromatic amines is 1. The van der Waals surface area contributed by atoms with Crippen LogP contribution in [-0.2, 0) is 52.6 Å². The Morgan fingerprint density at radius 2 is 1.66 bits per heavy atom. The number of nitrogens with two attached hydrogens (primary N) is 1. The lowest BCUT2D eigenvalue weighted by molar-refractivity contribution is -0.144. The van der Waals surface area contributed by atoms with Gasteiger partial charge in [0.05, 0.1) is 40.0 Å². The van der Waals surface area contributed by atoms with Crippen LogP contribution >= 0.6 is 30.5 Å². The van der Waals surface area contributed by atoms with Gasteiger partial charge in [-0.2, -0.15) is 0 Å². The third-order valence-corrected chi connectivity index (χ3v) is 18.4. The number of carbonyl (C=O) groups excluding carboxylic acids is 8. The quantitative estimate of drug-likeness (QED) is 0.0217. The Balaban J connectivity index is 0.780. The number of aliphatic hydroxyl groups excluding tert-OH is 1. The number of aromatic nitrogens is 2. The Hall–Kier alpha value is -7.86. The molecule has 4 aromatic carbocycles. The van der Waals surface area contributed by atoms with Crippen molar-refractivity contribution >= 4 is 94.0 Å². The number of halogens is 2. The van der Waals surface area contributed by atoms with Gasteiger partial charge in [-0.15, -0.1) is 11.3 Å². The summed E-state index contributed by atoms with van der Waals surface area (Å²) >= 11 is 8.05. The molecule has 1 fully saturated rings. The van der Waals surface area contributed by atoms with Gasteiger partial charge in [0.15, 0.2) is 11.6 Å². The van der Waals surface area contributed by atoms with E-state index in [-0.39, 0.29) is 85.7 Å². The van der Waals surface area contributed by atoms with E-state index in [2.05, 4.69) is 31.2 Å². The van der Waals surface area contributed by atoms with Crippen LogP contribution in [0.3, 0.4) is 0 Å². The number of aryl methyl sites for hydroxylation is 3. The molecule has 5 heterocycles. The Bertz CT molecular complexity index is 3770. The normalized spacial score (nSPS) is 18.4. The molecule has 0 bridgehead atoms.